The van der Waals surface area contributed by atoms with Crippen molar-refractivity contribution in [2.45, 2.75) is 12.6 Å². The molecule has 18 heavy (non-hydrogen) atoms. The van der Waals surface area contributed by atoms with Crippen LogP contribution in [0.5, 0.6) is 0 Å². The van der Waals surface area contributed by atoms with Crippen molar-refractivity contribution in [3.63, 3.8) is 0 Å². The quantitative estimate of drug-likeness (QED) is 0.604. The number of Topliss-reactive ketones (excluding diaryl/α,β-unsaturated/α-hetero) is 1. The second kappa shape index (κ2) is 5.90. The Morgan fingerprint density at radius 1 is 1.39 bits per heavy atom. The first-order valence-electron chi connectivity index (χ1n) is 5.18. The molecule has 0 aliphatic rings. The molecule has 7 heteroatoms. The third-order valence-electron chi connectivity index (χ3n) is 2.18. The number of carbonyl (C=O) groups is 1. The molecule has 0 aliphatic carbocycles. The van der Waals surface area contributed by atoms with Gasteiger partial charge in [0, 0.05) is 13.0 Å². The molecule has 0 radical (unpaired) electrons. The Morgan fingerprint density at radius 3 is 2.56 bits per heavy atom. The van der Waals surface area contributed by atoms with Gasteiger partial charge in [0.25, 0.3) is 0 Å². The van der Waals surface area contributed by atoms with Crippen LogP contribution in [0.15, 0.2) is 18.3 Å². The molecule has 0 bridgehead atoms. The maximum atomic E-state index is 12.5. The van der Waals surface area contributed by atoms with Crippen LogP contribution in [0.1, 0.15) is 16.9 Å². The lowest BCUT2D eigenvalue weighted by molar-refractivity contribution is -0.142. The normalized spacial score (nSPS) is 11.9. The Bertz CT molecular complexity index is 402. The molecule has 3 nitrogen and oxygen atoms in total. The van der Waals surface area contributed by atoms with Crippen LogP contribution in [0.4, 0.5) is 17.6 Å². The molecule has 0 aliphatic heterocycles. The second-order valence-corrected chi connectivity index (χ2v) is 3.89. The van der Waals surface area contributed by atoms with E-state index in [1.807, 2.05) is 0 Å². The molecule has 0 atom stereocenters. The lowest BCUT2D eigenvalue weighted by atomic mass is 10.2. The molecular formula is C11H12F4N2O. The van der Waals surface area contributed by atoms with E-state index in [-0.39, 0.29) is 18.7 Å². The minimum absolute atomic E-state index is 0.0304. The van der Waals surface area contributed by atoms with Crippen LogP contribution in [0.25, 0.3) is 0 Å². The summed E-state index contributed by atoms with van der Waals surface area (Å²) >= 11 is 0. The van der Waals surface area contributed by atoms with Crippen LogP contribution in [-0.4, -0.2) is 42.0 Å². The molecule has 0 N–H and O–H groups in total. The van der Waals surface area contributed by atoms with Crippen molar-refractivity contribution >= 4 is 5.78 Å². The number of nitrogens with zero attached hydrogens (tertiary/aromatic N) is 2. The number of alkyl halides is 3. The van der Waals surface area contributed by atoms with Crippen molar-refractivity contribution in [3.05, 3.63) is 29.8 Å². The number of rotatable bonds is 5. The Balaban J connectivity index is 2.44. The summed E-state index contributed by atoms with van der Waals surface area (Å²) in [5.41, 5.74) is 0.0526. The van der Waals surface area contributed by atoms with Crippen molar-refractivity contribution in [2.24, 2.45) is 0 Å². The average molecular weight is 264 g/mol. The second-order valence-electron chi connectivity index (χ2n) is 3.89. The van der Waals surface area contributed by atoms with Crippen LogP contribution >= 0.6 is 0 Å². The summed E-state index contributed by atoms with van der Waals surface area (Å²) < 4.78 is 48.6. The SMILES string of the molecule is CN(CCC(=O)c1ccc(F)cn1)CC(F)(F)F. The molecule has 1 aromatic heterocycles. The largest absolute Gasteiger partial charge is 0.401 e. The lowest BCUT2D eigenvalue weighted by Gasteiger charge is -2.17. The van der Waals surface area contributed by atoms with Crippen LogP contribution in [-0.2, 0) is 0 Å². The van der Waals surface area contributed by atoms with Crippen LogP contribution < -0.4 is 0 Å². The maximum absolute atomic E-state index is 12.5. The number of pyridine rings is 1. The standard InChI is InChI=1S/C11H12F4N2O/c1-17(7-11(13,14)15)5-4-10(18)9-3-2-8(12)6-16-9/h2-3,6H,4-5,7H2,1H3. The third-order valence-corrected chi connectivity index (χ3v) is 2.18. The molecule has 0 saturated heterocycles. The van der Waals surface area contributed by atoms with Gasteiger partial charge in [0.2, 0.25) is 0 Å². The fourth-order valence-corrected chi connectivity index (χ4v) is 1.35. The number of carbonyl (C=O) groups excluding carboxylic acids is 1. The molecule has 0 fully saturated rings. The lowest BCUT2D eigenvalue weighted by Crippen LogP contribution is -2.32. The van der Waals surface area contributed by atoms with Gasteiger partial charge in [-0.1, -0.05) is 0 Å². The van der Waals surface area contributed by atoms with Gasteiger partial charge in [-0.2, -0.15) is 13.2 Å². The zero-order valence-corrected chi connectivity index (χ0v) is 9.67. The van der Waals surface area contributed by atoms with E-state index in [0.29, 0.717) is 0 Å². The highest BCUT2D eigenvalue weighted by Gasteiger charge is 2.29. The Kier molecular flexibility index (Phi) is 4.77. The van der Waals surface area contributed by atoms with E-state index in [1.54, 1.807) is 0 Å². The summed E-state index contributed by atoms with van der Waals surface area (Å²) in [6.45, 7) is -1.10. The molecule has 1 aromatic rings. The van der Waals surface area contributed by atoms with Gasteiger partial charge in [-0.05, 0) is 19.2 Å². The summed E-state index contributed by atoms with van der Waals surface area (Å²) in [4.78, 5) is 16.1. The fraction of sp³-hybridized carbons (Fsp3) is 0.455. The highest BCUT2D eigenvalue weighted by molar-refractivity contribution is 5.94. The highest BCUT2D eigenvalue weighted by Crippen LogP contribution is 2.15. The highest BCUT2D eigenvalue weighted by atomic mass is 19.4. The molecule has 100 valence electrons. The Morgan fingerprint density at radius 2 is 2.06 bits per heavy atom. The van der Waals surface area contributed by atoms with E-state index in [0.717, 1.165) is 17.2 Å². The predicted octanol–water partition coefficient (Wildman–Crippen LogP) is 2.29. The fourth-order valence-electron chi connectivity index (χ4n) is 1.35. The summed E-state index contributed by atoms with van der Waals surface area (Å²) in [6.07, 6.45) is -3.48. The van der Waals surface area contributed by atoms with Gasteiger partial charge < -0.3 is 0 Å². The van der Waals surface area contributed by atoms with E-state index in [4.69, 9.17) is 0 Å². The Labute approximate surface area is 101 Å². The van der Waals surface area contributed by atoms with Gasteiger partial charge in [0.1, 0.15) is 11.5 Å². The number of hydrogen-bond donors (Lipinski definition) is 0. The molecule has 0 amide bonds. The van der Waals surface area contributed by atoms with E-state index < -0.39 is 24.3 Å². The van der Waals surface area contributed by atoms with Crippen LogP contribution in [0.2, 0.25) is 0 Å². The van der Waals surface area contributed by atoms with Crippen molar-refractivity contribution in [1.82, 2.24) is 9.88 Å². The zero-order valence-electron chi connectivity index (χ0n) is 9.67. The number of aromatic nitrogens is 1. The molecule has 0 unspecified atom stereocenters. The third kappa shape index (κ3) is 5.22. The first-order chi connectivity index (χ1) is 8.28. The van der Waals surface area contributed by atoms with Crippen LogP contribution in [0, 0.1) is 5.82 Å². The van der Waals surface area contributed by atoms with Gasteiger partial charge in [-0.25, -0.2) is 4.39 Å². The van der Waals surface area contributed by atoms with Gasteiger partial charge >= 0.3 is 6.18 Å². The number of halogens is 4. The average Bonchev–Trinajstić information content (AvgIpc) is 2.24. The summed E-state index contributed by atoms with van der Waals surface area (Å²) in [5.74, 6) is -0.982. The van der Waals surface area contributed by atoms with Crippen molar-refractivity contribution < 1.29 is 22.4 Å². The van der Waals surface area contributed by atoms with Gasteiger partial charge in [-0.3, -0.25) is 14.7 Å². The van der Waals surface area contributed by atoms with E-state index in [2.05, 4.69) is 4.98 Å². The molecule has 1 rings (SSSR count). The zero-order chi connectivity index (χ0) is 13.8. The van der Waals surface area contributed by atoms with Crippen molar-refractivity contribution in [2.75, 3.05) is 20.1 Å². The monoisotopic (exact) mass is 264 g/mol. The molecule has 1 heterocycles. The number of hydrogen-bond acceptors (Lipinski definition) is 3. The summed E-state index contributed by atoms with van der Waals surface area (Å²) in [6, 6.07) is 2.29. The summed E-state index contributed by atoms with van der Waals surface area (Å²) in [7, 11) is 1.28. The van der Waals surface area contributed by atoms with Crippen LogP contribution in [0.3, 0.4) is 0 Å². The van der Waals surface area contributed by atoms with E-state index in [1.165, 1.54) is 13.1 Å². The first kappa shape index (κ1) is 14.6. The van der Waals surface area contributed by atoms with Gasteiger partial charge in [0.15, 0.2) is 5.78 Å². The molecule has 0 spiro atoms. The Hall–Kier alpha value is -1.50. The topological polar surface area (TPSA) is 33.2 Å². The van der Waals surface area contributed by atoms with E-state index in [9.17, 15) is 22.4 Å². The molecular weight excluding hydrogens is 252 g/mol. The first-order valence-corrected chi connectivity index (χ1v) is 5.18. The molecule has 0 aromatic carbocycles. The van der Waals surface area contributed by atoms with E-state index >= 15 is 0 Å². The minimum atomic E-state index is -4.29. The smallest absolute Gasteiger partial charge is 0.298 e. The van der Waals surface area contributed by atoms with Gasteiger partial charge in [-0.15, -0.1) is 0 Å². The predicted molar refractivity (Wildman–Crippen MR) is 56.7 cm³/mol. The van der Waals surface area contributed by atoms with Gasteiger partial charge in [0.05, 0.1) is 12.7 Å². The minimum Gasteiger partial charge on any atom is -0.298 e. The summed E-state index contributed by atoms with van der Waals surface area (Å²) in [5, 5.41) is 0. The van der Waals surface area contributed by atoms with Crippen molar-refractivity contribution in [1.29, 1.82) is 0 Å². The molecule has 0 saturated carbocycles. The number of ketones is 1. The maximum Gasteiger partial charge on any atom is 0.401 e. The van der Waals surface area contributed by atoms with Crippen molar-refractivity contribution in [3.8, 4) is 0 Å².